The molecular weight excluding hydrogens is 482 g/mol. The van der Waals surface area contributed by atoms with Gasteiger partial charge in [0.15, 0.2) is 0 Å². The van der Waals surface area contributed by atoms with Crippen LogP contribution in [0, 0.1) is 6.92 Å². The Bertz CT molecular complexity index is 1430. The first-order chi connectivity index (χ1) is 18.4. The van der Waals surface area contributed by atoms with Crippen LogP contribution in [0.15, 0.2) is 72.9 Å². The summed E-state index contributed by atoms with van der Waals surface area (Å²) in [7, 11) is 0. The van der Waals surface area contributed by atoms with Gasteiger partial charge >= 0.3 is 11.9 Å². The Morgan fingerprint density at radius 2 is 1.58 bits per heavy atom. The molecule has 1 heterocycles. The topological polar surface area (TPSA) is 98.0 Å². The van der Waals surface area contributed by atoms with Gasteiger partial charge in [-0.15, -0.1) is 0 Å². The smallest absolute Gasteiger partial charge is 0.323 e. The van der Waals surface area contributed by atoms with Gasteiger partial charge in [-0.1, -0.05) is 54.6 Å². The number of ether oxygens (including phenoxy) is 2. The van der Waals surface area contributed by atoms with E-state index in [9.17, 15) is 19.8 Å². The van der Waals surface area contributed by atoms with Crippen LogP contribution in [-0.4, -0.2) is 39.9 Å². The lowest BCUT2D eigenvalue weighted by molar-refractivity contribution is -0.138. The maximum Gasteiger partial charge on any atom is 0.323 e. The van der Waals surface area contributed by atoms with E-state index in [1.54, 1.807) is 10.8 Å². The largest absolute Gasteiger partial charge is 0.494 e. The molecule has 3 aromatic carbocycles. The fourth-order valence-corrected chi connectivity index (χ4v) is 4.34. The zero-order valence-corrected chi connectivity index (χ0v) is 21.3. The van der Waals surface area contributed by atoms with Gasteiger partial charge in [-0.05, 0) is 66.3 Å². The molecular formula is C31H31NO6. The zero-order valence-electron chi connectivity index (χ0n) is 21.3. The molecule has 7 nitrogen and oxygen atoms in total. The lowest BCUT2D eigenvalue weighted by Gasteiger charge is -2.09. The van der Waals surface area contributed by atoms with Crippen molar-refractivity contribution in [3.8, 4) is 11.5 Å². The molecule has 0 aliphatic carbocycles. The van der Waals surface area contributed by atoms with Crippen molar-refractivity contribution in [1.82, 2.24) is 4.57 Å². The molecule has 0 aliphatic heterocycles. The van der Waals surface area contributed by atoms with E-state index < -0.39 is 11.9 Å². The third-order valence-electron chi connectivity index (χ3n) is 6.16. The summed E-state index contributed by atoms with van der Waals surface area (Å²) in [5, 5.41) is 19.3. The number of fused-ring (bicyclic) bond motifs is 1. The third-order valence-corrected chi connectivity index (χ3v) is 6.16. The van der Waals surface area contributed by atoms with Crippen LogP contribution in [0.3, 0.4) is 0 Å². The summed E-state index contributed by atoms with van der Waals surface area (Å²) in [5.41, 5.74) is 4.20. The Balaban J connectivity index is 1.35. The number of carboxylic acids is 2. The van der Waals surface area contributed by atoms with E-state index in [-0.39, 0.29) is 13.0 Å². The first-order valence-electron chi connectivity index (χ1n) is 12.5. The maximum absolute atomic E-state index is 11.4. The number of carboxylic acid groups (broad SMARTS) is 2. The number of hydrogen-bond acceptors (Lipinski definition) is 4. The minimum absolute atomic E-state index is 0.183. The second-order valence-electron chi connectivity index (χ2n) is 9.06. The van der Waals surface area contributed by atoms with Crippen LogP contribution in [0.4, 0.5) is 0 Å². The van der Waals surface area contributed by atoms with Crippen LogP contribution >= 0.6 is 0 Å². The van der Waals surface area contributed by atoms with E-state index in [4.69, 9.17) is 9.47 Å². The Morgan fingerprint density at radius 3 is 2.29 bits per heavy atom. The highest BCUT2D eigenvalue weighted by Crippen LogP contribution is 2.28. The standard InChI is InChI=1S/C31H31NO6/c1-22-7-2-3-10-28(22)38-18-5-4-17-37-26-15-12-23(13-16-26)11-14-24-8-6-9-27-31(24)25(19-29(33)34)20-32(27)21-30(35)36/h2-3,6-16,20H,4-5,17-19,21H2,1H3,(H,33,34)(H,35,36). The average molecular weight is 514 g/mol. The van der Waals surface area contributed by atoms with Crippen LogP contribution in [-0.2, 0) is 22.6 Å². The minimum Gasteiger partial charge on any atom is -0.494 e. The van der Waals surface area contributed by atoms with Crippen molar-refractivity contribution in [3.63, 3.8) is 0 Å². The van der Waals surface area contributed by atoms with Crippen LogP contribution < -0.4 is 9.47 Å². The number of unbranched alkanes of at least 4 members (excludes halogenated alkanes) is 1. The lowest BCUT2D eigenvalue weighted by atomic mass is 10.0. The Hall–Kier alpha value is -4.52. The molecule has 0 amide bonds. The fourth-order valence-electron chi connectivity index (χ4n) is 4.34. The van der Waals surface area contributed by atoms with Gasteiger partial charge in [0.1, 0.15) is 18.0 Å². The van der Waals surface area contributed by atoms with Crippen molar-refractivity contribution < 1.29 is 29.3 Å². The Labute approximate surface area is 221 Å². The molecule has 0 bridgehead atoms. The molecule has 2 N–H and O–H groups in total. The summed E-state index contributed by atoms with van der Waals surface area (Å²) in [6, 6.07) is 21.3. The number of carbonyl (C=O) groups is 2. The number of benzene rings is 3. The van der Waals surface area contributed by atoms with Crippen LogP contribution in [0.2, 0.25) is 0 Å². The molecule has 7 heteroatoms. The number of hydrogen-bond donors (Lipinski definition) is 2. The van der Waals surface area contributed by atoms with Crippen molar-refractivity contribution in [2.24, 2.45) is 0 Å². The fraction of sp³-hybridized carbons (Fsp3) is 0.226. The van der Waals surface area contributed by atoms with Crippen molar-refractivity contribution in [2.75, 3.05) is 13.2 Å². The highest BCUT2D eigenvalue weighted by molar-refractivity contribution is 5.96. The summed E-state index contributed by atoms with van der Waals surface area (Å²) in [6.45, 7) is 3.06. The van der Waals surface area contributed by atoms with Crippen LogP contribution in [0.1, 0.15) is 35.1 Å². The molecule has 0 fully saturated rings. The van der Waals surface area contributed by atoms with Gasteiger partial charge in [0.25, 0.3) is 0 Å². The number of rotatable bonds is 13. The predicted molar refractivity (Wildman–Crippen MR) is 148 cm³/mol. The van der Waals surface area contributed by atoms with Crippen molar-refractivity contribution in [1.29, 1.82) is 0 Å². The summed E-state index contributed by atoms with van der Waals surface area (Å²) in [5.74, 6) is -0.238. The normalized spacial score (nSPS) is 11.2. The molecule has 4 aromatic rings. The number of aryl methyl sites for hydroxylation is 1. The van der Waals surface area contributed by atoms with Gasteiger partial charge in [-0.3, -0.25) is 9.59 Å². The van der Waals surface area contributed by atoms with Gasteiger partial charge < -0.3 is 24.3 Å². The molecule has 0 spiro atoms. The number of aliphatic carboxylic acids is 2. The molecule has 196 valence electrons. The average Bonchev–Trinajstić information content (AvgIpc) is 3.22. The summed E-state index contributed by atoms with van der Waals surface area (Å²) < 4.78 is 13.3. The first-order valence-corrected chi connectivity index (χ1v) is 12.5. The van der Waals surface area contributed by atoms with Crippen LogP contribution in [0.5, 0.6) is 11.5 Å². The number of nitrogens with zero attached hydrogens (tertiary/aromatic N) is 1. The molecule has 0 unspecified atom stereocenters. The monoisotopic (exact) mass is 513 g/mol. The van der Waals surface area contributed by atoms with Gasteiger partial charge in [0.05, 0.1) is 19.6 Å². The van der Waals surface area contributed by atoms with E-state index in [1.807, 2.05) is 85.8 Å². The van der Waals surface area contributed by atoms with Gasteiger partial charge in [0.2, 0.25) is 0 Å². The Morgan fingerprint density at radius 1 is 0.842 bits per heavy atom. The molecule has 0 saturated carbocycles. The lowest BCUT2D eigenvalue weighted by Crippen LogP contribution is -2.07. The maximum atomic E-state index is 11.4. The van der Waals surface area contributed by atoms with E-state index in [0.29, 0.717) is 24.3 Å². The number of aromatic nitrogens is 1. The molecule has 0 saturated heterocycles. The molecule has 38 heavy (non-hydrogen) atoms. The molecule has 0 aliphatic rings. The van der Waals surface area contributed by atoms with Gasteiger partial charge in [0, 0.05) is 17.1 Å². The van der Waals surface area contributed by atoms with E-state index in [1.165, 1.54) is 0 Å². The highest BCUT2D eigenvalue weighted by Gasteiger charge is 2.15. The SMILES string of the molecule is Cc1ccccc1OCCCCOc1ccc(C=Cc2cccc3c2c(CC(=O)O)cn3CC(=O)O)cc1. The molecule has 1 aromatic heterocycles. The summed E-state index contributed by atoms with van der Waals surface area (Å²) >= 11 is 0. The minimum atomic E-state index is -0.984. The zero-order chi connectivity index (χ0) is 26.9. The van der Waals surface area contributed by atoms with Gasteiger partial charge in [-0.2, -0.15) is 0 Å². The van der Waals surface area contributed by atoms with Crippen LogP contribution in [0.25, 0.3) is 23.1 Å². The Kier molecular flexibility index (Phi) is 8.82. The van der Waals surface area contributed by atoms with Crippen molar-refractivity contribution in [2.45, 2.75) is 32.7 Å². The number of para-hydroxylation sites is 1. The first kappa shape index (κ1) is 26.5. The summed E-state index contributed by atoms with van der Waals surface area (Å²) in [4.78, 5) is 22.7. The molecule has 4 rings (SSSR count). The summed E-state index contributed by atoms with van der Waals surface area (Å²) in [6.07, 6.45) is 7.09. The predicted octanol–water partition coefficient (Wildman–Crippen LogP) is 6.07. The molecule has 0 radical (unpaired) electrons. The van der Waals surface area contributed by atoms with E-state index >= 15 is 0 Å². The second-order valence-corrected chi connectivity index (χ2v) is 9.06. The second kappa shape index (κ2) is 12.6. The van der Waals surface area contributed by atoms with E-state index in [0.717, 1.165) is 46.4 Å². The third kappa shape index (κ3) is 7.03. The molecule has 0 atom stereocenters. The van der Waals surface area contributed by atoms with Gasteiger partial charge in [-0.25, -0.2) is 0 Å². The quantitative estimate of drug-likeness (QED) is 0.166. The van der Waals surface area contributed by atoms with E-state index in [2.05, 4.69) is 0 Å². The van der Waals surface area contributed by atoms with Crippen molar-refractivity contribution in [3.05, 3.63) is 95.2 Å². The highest BCUT2D eigenvalue weighted by atomic mass is 16.5. The van der Waals surface area contributed by atoms with Crippen molar-refractivity contribution >= 4 is 35.0 Å².